The van der Waals surface area contributed by atoms with Crippen LogP contribution >= 0.6 is 0 Å². The fourth-order valence-electron chi connectivity index (χ4n) is 5.09. The van der Waals surface area contributed by atoms with Crippen molar-refractivity contribution in [2.45, 2.75) is 45.2 Å². The highest BCUT2D eigenvalue weighted by molar-refractivity contribution is 6.08. The molecule has 1 spiro atoms. The molecule has 0 aromatic heterocycles. The summed E-state index contributed by atoms with van der Waals surface area (Å²) in [6, 6.07) is 6.07. The van der Waals surface area contributed by atoms with E-state index >= 15 is 0 Å². The molecular weight excluding hydrogens is 359 g/mol. The van der Waals surface area contributed by atoms with E-state index in [2.05, 4.69) is 5.32 Å². The van der Waals surface area contributed by atoms with E-state index < -0.39 is 5.54 Å². The zero-order valence-corrected chi connectivity index (χ0v) is 16.4. The Hall–Kier alpha value is -2.44. The van der Waals surface area contributed by atoms with Gasteiger partial charge in [0.1, 0.15) is 17.2 Å². The summed E-state index contributed by atoms with van der Waals surface area (Å²) in [5.41, 5.74) is 0.0508. The number of likely N-dealkylation sites (tertiary alicyclic amines) is 1. The van der Waals surface area contributed by atoms with Gasteiger partial charge in [0.2, 0.25) is 0 Å². The highest BCUT2D eigenvalue weighted by atomic mass is 19.1. The summed E-state index contributed by atoms with van der Waals surface area (Å²) in [4.78, 5) is 34.3. The fourth-order valence-corrected chi connectivity index (χ4v) is 5.09. The SMILES string of the molecule is CCC1=N[C@@]2(CC[C@@H]3CN(C(=O)NCc4cccc(F)c4)C[C@@H]32)C(=O)N1CC. The van der Waals surface area contributed by atoms with Crippen LogP contribution in [0.5, 0.6) is 0 Å². The number of carbonyl (C=O) groups excluding carboxylic acids is 2. The Morgan fingerprint density at radius 1 is 1.36 bits per heavy atom. The van der Waals surface area contributed by atoms with Gasteiger partial charge in [-0.3, -0.25) is 14.7 Å². The van der Waals surface area contributed by atoms with Gasteiger partial charge < -0.3 is 10.2 Å². The summed E-state index contributed by atoms with van der Waals surface area (Å²) >= 11 is 0. The van der Waals surface area contributed by atoms with Crippen molar-refractivity contribution in [1.29, 1.82) is 0 Å². The monoisotopic (exact) mass is 386 g/mol. The normalized spacial score (nSPS) is 28.8. The van der Waals surface area contributed by atoms with Crippen LogP contribution in [-0.2, 0) is 11.3 Å². The molecule has 0 radical (unpaired) electrons. The smallest absolute Gasteiger partial charge is 0.317 e. The Bertz CT molecular complexity index is 826. The van der Waals surface area contributed by atoms with Crippen LogP contribution < -0.4 is 5.32 Å². The van der Waals surface area contributed by atoms with Crippen LogP contribution in [0, 0.1) is 17.7 Å². The zero-order chi connectivity index (χ0) is 19.9. The van der Waals surface area contributed by atoms with Gasteiger partial charge in [0.05, 0.1) is 0 Å². The van der Waals surface area contributed by atoms with Crippen LogP contribution in [0.2, 0.25) is 0 Å². The lowest BCUT2D eigenvalue weighted by Crippen LogP contribution is -2.47. The molecule has 0 unspecified atom stereocenters. The van der Waals surface area contributed by atoms with Gasteiger partial charge >= 0.3 is 6.03 Å². The van der Waals surface area contributed by atoms with Crippen molar-refractivity contribution >= 4 is 17.8 Å². The number of hydrogen-bond acceptors (Lipinski definition) is 3. The molecule has 2 aliphatic heterocycles. The minimum Gasteiger partial charge on any atom is -0.334 e. The Balaban J connectivity index is 1.44. The molecule has 2 heterocycles. The molecule has 3 amide bonds. The van der Waals surface area contributed by atoms with E-state index in [9.17, 15) is 14.0 Å². The van der Waals surface area contributed by atoms with E-state index in [1.165, 1.54) is 12.1 Å². The molecule has 1 saturated carbocycles. The standard InChI is InChI=1S/C21H27FN4O2/c1-3-18-24-21(19(27)26(18)4-2)9-8-15-12-25(13-17(15)21)20(28)23-11-14-6-5-7-16(22)10-14/h5-7,10,15,17H,3-4,8-9,11-13H2,1-2H3,(H,23,28)/t15-,17+,21-/m1/s1. The third kappa shape index (κ3) is 2.97. The summed E-state index contributed by atoms with van der Waals surface area (Å²) in [6.07, 6.45) is 2.44. The number of rotatable bonds is 4. The number of amides is 3. The van der Waals surface area contributed by atoms with Crippen molar-refractivity contribution in [2.24, 2.45) is 16.8 Å². The van der Waals surface area contributed by atoms with Gasteiger partial charge in [-0.25, -0.2) is 9.18 Å². The van der Waals surface area contributed by atoms with Crippen molar-refractivity contribution in [1.82, 2.24) is 15.1 Å². The van der Waals surface area contributed by atoms with Gasteiger partial charge in [-0.05, 0) is 43.4 Å². The molecule has 7 heteroatoms. The maximum absolute atomic E-state index is 13.3. The number of halogens is 1. The Labute approximate surface area is 164 Å². The number of amidine groups is 1. The lowest BCUT2D eigenvalue weighted by Gasteiger charge is -2.28. The minimum absolute atomic E-state index is 0.0815. The molecule has 1 aliphatic carbocycles. The van der Waals surface area contributed by atoms with Crippen molar-refractivity contribution in [3.8, 4) is 0 Å². The summed E-state index contributed by atoms with van der Waals surface area (Å²) in [5.74, 6) is 1.07. The van der Waals surface area contributed by atoms with E-state index in [1.54, 1.807) is 17.0 Å². The average Bonchev–Trinajstić information content (AvgIpc) is 3.34. The second-order valence-corrected chi connectivity index (χ2v) is 7.95. The molecular formula is C21H27FN4O2. The molecule has 0 bridgehead atoms. The summed E-state index contributed by atoms with van der Waals surface area (Å²) < 4.78 is 13.3. The Morgan fingerprint density at radius 2 is 2.18 bits per heavy atom. The molecule has 1 N–H and O–H groups in total. The third-order valence-corrected chi connectivity index (χ3v) is 6.46. The van der Waals surface area contributed by atoms with Crippen LogP contribution in [0.25, 0.3) is 0 Å². The van der Waals surface area contributed by atoms with Gasteiger partial charge in [0, 0.05) is 38.5 Å². The molecule has 6 nitrogen and oxygen atoms in total. The second kappa shape index (κ2) is 7.18. The fraction of sp³-hybridized carbons (Fsp3) is 0.571. The molecule has 2 fully saturated rings. The number of nitrogens with zero attached hydrogens (tertiary/aromatic N) is 3. The predicted octanol–water partition coefficient (Wildman–Crippen LogP) is 2.79. The molecule has 1 saturated heterocycles. The van der Waals surface area contributed by atoms with E-state index in [4.69, 9.17) is 4.99 Å². The second-order valence-electron chi connectivity index (χ2n) is 7.95. The van der Waals surface area contributed by atoms with Crippen molar-refractivity contribution in [3.05, 3.63) is 35.6 Å². The first-order valence-corrected chi connectivity index (χ1v) is 10.2. The van der Waals surface area contributed by atoms with Gasteiger partial charge in [0.25, 0.3) is 5.91 Å². The molecule has 3 atom stereocenters. The van der Waals surface area contributed by atoms with Crippen molar-refractivity contribution < 1.29 is 14.0 Å². The van der Waals surface area contributed by atoms with Crippen LogP contribution in [0.1, 0.15) is 38.7 Å². The number of carbonyl (C=O) groups is 2. The molecule has 1 aromatic carbocycles. The molecule has 1 aromatic rings. The van der Waals surface area contributed by atoms with E-state index in [1.807, 2.05) is 18.7 Å². The summed E-state index contributed by atoms with van der Waals surface area (Å²) in [5, 5.41) is 2.88. The largest absolute Gasteiger partial charge is 0.334 e. The van der Waals surface area contributed by atoms with Crippen LogP contribution in [0.3, 0.4) is 0 Å². The zero-order valence-electron chi connectivity index (χ0n) is 16.4. The van der Waals surface area contributed by atoms with Crippen LogP contribution in [0.15, 0.2) is 29.3 Å². The molecule has 3 aliphatic rings. The van der Waals surface area contributed by atoms with E-state index in [-0.39, 0.29) is 30.2 Å². The number of nitrogens with one attached hydrogen (secondary N) is 1. The van der Waals surface area contributed by atoms with Crippen LogP contribution in [0.4, 0.5) is 9.18 Å². The van der Waals surface area contributed by atoms with Gasteiger partial charge in [-0.2, -0.15) is 0 Å². The van der Waals surface area contributed by atoms with Gasteiger partial charge in [0.15, 0.2) is 0 Å². The number of aliphatic imine (C=N–C) groups is 1. The highest BCUT2D eigenvalue weighted by Gasteiger charge is 2.61. The predicted molar refractivity (Wildman–Crippen MR) is 104 cm³/mol. The minimum atomic E-state index is -0.677. The van der Waals surface area contributed by atoms with Crippen molar-refractivity contribution in [3.63, 3.8) is 0 Å². The Kier molecular flexibility index (Phi) is 4.85. The molecule has 4 rings (SSSR count). The van der Waals surface area contributed by atoms with Crippen molar-refractivity contribution in [2.75, 3.05) is 19.6 Å². The maximum atomic E-state index is 13.3. The van der Waals surface area contributed by atoms with Gasteiger partial charge in [-0.15, -0.1) is 0 Å². The lowest BCUT2D eigenvalue weighted by molar-refractivity contribution is -0.132. The Morgan fingerprint density at radius 3 is 2.86 bits per heavy atom. The highest BCUT2D eigenvalue weighted by Crippen LogP contribution is 2.50. The number of urea groups is 1. The molecule has 150 valence electrons. The first-order chi connectivity index (χ1) is 13.5. The number of hydrogen-bond donors (Lipinski definition) is 1. The summed E-state index contributed by atoms with van der Waals surface area (Å²) in [6.45, 7) is 6.13. The quantitative estimate of drug-likeness (QED) is 0.865. The topological polar surface area (TPSA) is 65.0 Å². The number of fused-ring (bicyclic) bond motifs is 2. The first kappa shape index (κ1) is 18.9. The van der Waals surface area contributed by atoms with E-state index in [0.29, 0.717) is 25.6 Å². The van der Waals surface area contributed by atoms with E-state index in [0.717, 1.165) is 30.7 Å². The lowest BCUT2D eigenvalue weighted by atomic mass is 9.85. The number of benzene rings is 1. The average molecular weight is 386 g/mol. The van der Waals surface area contributed by atoms with Gasteiger partial charge in [-0.1, -0.05) is 19.1 Å². The molecule has 28 heavy (non-hydrogen) atoms. The third-order valence-electron chi connectivity index (χ3n) is 6.46. The van der Waals surface area contributed by atoms with Crippen LogP contribution in [-0.4, -0.2) is 52.7 Å². The number of likely N-dealkylation sites (N-methyl/N-ethyl adjacent to an activating group) is 1. The first-order valence-electron chi connectivity index (χ1n) is 10.2. The summed E-state index contributed by atoms with van der Waals surface area (Å²) in [7, 11) is 0. The maximum Gasteiger partial charge on any atom is 0.317 e.